The molecule has 17 heavy (non-hydrogen) atoms. The fraction of sp³-hybridized carbons (Fsp3) is 0.462. The number of ether oxygens (including phenoxy) is 1. The molecule has 0 atom stereocenters. The van der Waals surface area contributed by atoms with E-state index in [1.807, 2.05) is 19.1 Å². The molecule has 0 radical (unpaired) electrons. The zero-order chi connectivity index (χ0) is 12.4. The Labute approximate surface area is 101 Å². The highest BCUT2D eigenvalue weighted by Gasteiger charge is 2.28. The third kappa shape index (κ3) is 2.58. The predicted molar refractivity (Wildman–Crippen MR) is 67.1 cm³/mol. The minimum atomic E-state index is -0.386. The van der Waals surface area contributed by atoms with E-state index in [0.29, 0.717) is 17.7 Å². The summed E-state index contributed by atoms with van der Waals surface area (Å²) in [5.74, 6) is -0.386. The van der Waals surface area contributed by atoms with Crippen LogP contribution in [0.2, 0.25) is 0 Å². The molecule has 0 unspecified atom stereocenters. The topological polar surface area (TPSA) is 64.3 Å². The summed E-state index contributed by atoms with van der Waals surface area (Å²) in [5.41, 5.74) is 7.89. The normalized spacial score (nSPS) is 22.9. The zero-order valence-electron chi connectivity index (χ0n) is 10.2. The van der Waals surface area contributed by atoms with Gasteiger partial charge in [0.25, 0.3) is 0 Å². The van der Waals surface area contributed by atoms with Crippen molar-refractivity contribution in [2.24, 2.45) is 5.73 Å². The summed E-state index contributed by atoms with van der Waals surface area (Å²) in [7, 11) is 1.74. The van der Waals surface area contributed by atoms with Gasteiger partial charge in [0.05, 0.1) is 6.10 Å². The van der Waals surface area contributed by atoms with E-state index in [0.717, 1.165) is 24.1 Å². The minimum absolute atomic E-state index is 0.386. The van der Waals surface area contributed by atoms with Gasteiger partial charge < -0.3 is 15.8 Å². The number of amides is 1. The molecule has 0 aromatic heterocycles. The second-order valence-electron chi connectivity index (χ2n) is 4.56. The molecule has 1 amide bonds. The first-order valence-corrected chi connectivity index (χ1v) is 5.80. The SMILES string of the molecule is COC1CC(Nc2ccc(C(N)=O)cc2C)C1. The van der Waals surface area contributed by atoms with Gasteiger partial charge in [-0.1, -0.05) is 0 Å². The van der Waals surface area contributed by atoms with E-state index in [2.05, 4.69) is 5.32 Å². The maximum atomic E-state index is 11.0. The standard InChI is InChI=1S/C13H18N2O2/c1-8-5-9(13(14)16)3-4-12(8)15-10-6-11(7-10)17-2/h3-5,10-11,15H,6-7H2,1-2H3,(H2,14,16). The van der Waals surface area contributed by atoms with Gasteiger partial charge in [-0.05, 0) is 43.5 Å². The molecule has 4 heteroatoms. The average Bonchev–Trinajstić information content (AvgIpc) is 2.24. The molecule has 1 saturated carbocycles. The number of hydrogen-bond donors (Lipinski definition) is 2. The summed E-state index contributed by atoms with van der Waals surface area (Å²) in [6, 6.07) is 5.95. The van der Waals surface area contributed by atoms with Crippen molar-refractivity contribution in [2.75, 3.05) is 12.4 Å². The summed E-state index contributed by atoms with van der Waals surface area (Å²) in [5, 5.41) is 3.44. The van der Waals surface area contributed by atoms with Crippen LogP contribution in [0.3, 0.4) is 0 Å². The number of methoxy groups -OCH3 is 1. The first-order chi connectivity index (χ1) is 8.10. The van der Waals surface area contributed by atoms with Crippen molar-refractivity contribution in [1.82, 2.24) is 0 Å². The van der Waals surface area contributed by atoms with Gasteiger partial charge in [0.2, 0.25) is 5.91 Å². The van der Waals surface area contributed by atoms with Crippen LogP contribution in [0.25, 0.3) is 0 Å². The van der Waals surface area contributed by atoms with Gasteiger partial charge in [0.15, 0.2) is 0 Å². The zero-order valence-corrected chi connectivity index (χ0v) is 10.2. The molecular formula is C13H18N2O2. The van der Waals surface area contributed by atoms with E-state index in [4.69, 9.17) is 10.5 Å². The van der Waals surface area contributed by atoms with Crippen LogP contribution >= 0.6 is 0 Å². The number of nitrogens with one attached hydrogen (secondary N) is 1. The second-order valence-corrected chi connectivity index (χ2v) is 4.56. The molecule has 1 aliphatic rings. The van der Waals surface area contributed by atoms with E-state index in [9.17, 15) is 4.79 Å². The molecule has 0 saturated heterocycles. The third-order valence-electron chi connectivity index (χ3n) is 3.30. The van der Waals surface area contributed by atoms with Crippen LogP contribution in [0.1, 0.15) is 28.8 Å². The smallest absolute Gasteiger partial charge is 0.248 e. The number of hydrogen-bond acceptors (Lipinski definition) is 3. The fourth-order valence-electron chi connectivity index (χ4n) is 2.07. The van der Waals surface area contributed by atoms with Crippen LogP contribution < -0.4 is 11.1 Å². The molecule has 0 spiro atoms. The Hall–Kier alpha value is -1.55. The highest BCUT2D eigenvalue weighted by molar-refractivity contribution is 5.93. The highest BCUT2D eigenvalue weighted by Crippen LogP contribution is 2.27. The highest BCUT2D eigenvalue weighted by atomic mass is 16.5. The van der Waals surface area contributed by atoms with Crippen LogP contribution in [-0.2, 0) is 4.74 Å². The number of benzene rings is 1. The second kappa shape index (κ2) is 4.75. The number of nitrogens with two attached hydrogens (primary N) is 1. The number of primary amides is 1. The Morgan fingerprint density at radius 3 is 2.71 bits per heavy atom. The predicted octanol–water partition coefficient (Wildman–Crippen LogP) is 1.68. The van der Waals surface area contributed by atoms with Crippen LogP contribution in [0.5, 0.6) is 0 Å². The molecule has 0 aliphatic heterocycles. The molecule has 4 nitrogen and oxygen atoms in total. The number of carbonyl (C=O) groups excluding carboxylic acids is 1. The Morgan fingerprint density at radius 1 is 1.47 bits per heavy atom. The molecule has 3 N–H and O–H groups in total. The van der Waals surface area contributed by atoms with Crippen LogP contribution in [0.15, 0.2) is 18.2 Å². The number of aryl methyl sites for hydroxylation is 1. The monoisotopic (exact) mass is 234 g/mol. The Morgan fingerprint density at radius 2 is 2.18 bits per heavy atom. The number of anilines is 1. The van der Waals surface area contributed by atoms with Gasteiger partial charge in [-0.3, -0.25) is 4.79 Å². The largest absolute Gasteiger partial charge is 0.382 e. The van der Waals surface area contributed by atoms with E-state index < -0.39 is 0 Å². The van der Waals surface area contributed by atoms with E-state index in [-0.39, 0.29) is 5.91 Å². The van der Waals surface area contributed by atoms with Gasteiger partial charge in [0, 0.05) is 24.4 Å². The molecule has 1 aromatic carbocycles. The minimum Gasteiger partial charge on any atom is -0.382 e. The lowest BCUT2D eigenvalue weighted by Gasteiger charge is -2.35. The maximum absolute atomic E-state index is 11.0. The Bertz CT molecular complexity index is 425. The quantitative estimate of drug-likeness (QED) is 0.833. The summed E-state index contributed by atoms with van der Waals surface area (Å²) in [6.45, 7) is 1.97. The lowest BCUT2D eigenvalue weighted by Crippen LogP contribution is -2.40. The van der Waals surface area contributed by atoms with Crippen molar-refractivity contribution in [3.63, 3.8) is 0 Å². The van der Waals surface area contributed by atoms with Gasteiger partial charge >= 0.3 is 0 Å². The van der Waals surface area contributed by atoms with Gasteiger partial charge in [-0.25, -0.2) is 0 Å². The van der Waals surface area contributed by atoms with Crippen molar-refractivity contribution >= 4 is 11.6 Å². The van der Waals surface area contributed by atoms with Crippen molar-refractivity contribution in [3.05, 3.63) is 29.3 Å². The van der Waals surface area contributed by atoms with Crippen molar-refractivity contribution in [2.45, 2.75) is 31.9 Å². The van der Waals surface area contributed by atoms with Gasteiger partial charge in [0.1, 0.15) is 0 Å². The van der Waals surface area contributed by atoms with Gasteiger partial charge in [-0.15, -0.1) is 0 Å². The molecule has 0 bridgehead atoms. The van der Waals surface area contributed by atoms with Crippen LogP contribution in [0.4, 0.5) is 5.69 Å². The molecule has 0 heterocycles. The first kappa shape index (κ1) is 11.9. The van der Waals surface area contributed by atoms with Crippen molar-refractivity contribution in [1.29, 1.82) is 0 Å². The Balaban J connectivity index is 2.00. The summed E-state index contributed by atoms with van der Waals surface area (Å²) in [6.07, 6.45) is 2.46. The molecule has 92 valence electrons. The van der Waals surface area contributed by atoms with Crippen LogP contribution in [-0.4, -0.2) is 25.2 Å². The van der Waals surface area contributed by atoms with E-state index >= 15 is 0 Å². The molecular weight excluding hydrogens is 216 g/mol. The first-order valence-electron chi connectivity index (χ1n) is 5.80. The number of rotatable bonds is 4. The molecule has 1 aromatic rings. The van der Waals surface area contributed by atoms with Gasteiger partial charge in [-0.2, -0.15) is 0 Å². The lowest BCUT2D eigenvalue weighted by molar-refractivity contribution is 0.0328. The fourth-order valence-corrected chi connectivity index (χ4v) is 2.07. The summed E-state index contributed by atoms with van der Waals surface area (Å²) < 4.78 is 5.23. The molecule has 1 aliphatic carbocycles. The number of carbonyl (C=O) groups is 1. The van der Waals surface area contributed by atoms with Crippen LogP contribution in [0, 0.1) is 6.92 Å². The maximum Gasteiger partial charge on any atom is 0.248 e. The average molecular weight is 234 g/mol. The summed E-state index contributed by atoms with van der Waals surface area (Å²) >= 11 is 0. The molecule has 2 rings (SSSR count). The van der Waals surface area contributed by atoms with E-state index in [1.165, 1.54) is 0 Å². The van der Waals surface area contributed by atoms with Crippen molar-refractivity contribution < 1.29 is 9.53 Å². The summed E-state index contributed by atoms with van der Waals surface area (Å²) in [4.78, 5) is 11.0. The van der Waals surface area contributed by atoms with E-state index in [1.54, 1.807) is 13.2 Å². The Kier molecular flexibility index (Phi) is 3.33. The molecule has 1 fully saturated rings. The van der Waals surface area contributed by atoms with Crippen molar-refractivity contribution in [3.8, 4) is 0 Å². The third-order valence-corrected chi connectivity index (χ3v) is 3.30. The lowest BCUT2D eigenvalue weighted by atomic mass is 9.89.